The maximum atomic E-state index is 13.6. The van der Waals surface area contributed by atoms with Crippen molar-refractivity contribution in [3.05, 3.63) is 76.7 Å². The largest absolute Gasteiger partial charge is 0.508 e. The first-order valence-electron chi connectivity index (χ1n) is 15.8. The highest BCUT2D eigenvalue weighted by atomic mass is 32.1. The Morgan fingerprint density at radius 2 is 1.71 bits per heavy atom. The topological polar surface area (TPSA) is 140 Å². The Kier molecular flexibility index (Phi) is 11.3. The smallest absolute Gasteiger partial charge is 0.348 e. The Labute approximate surface area is 267 Å². The van der Waals surface area contributed by atoms with Crippen molar-refractivity contribution in [2.45, 2.75) is 76.0 Å². The Morgan fingerprint density at radius 1 is 0.911 bits per heavy atom. The Balaban J connectivity index is 1.17. The number of piperidine rings is 1. The van der Waals surface area contributed by atoms with E-state index in [1.807, 2.05) is 12.1 Å². The Hall–Kier alpha value is -4.09. The van der Waals surface area contributed by atoms with Crippen LogP contribution in [0.2, 0.25) is 0 Å². The molecular weight excluding hydrogens is 592 g/mol. The van der Waals surface area contributed by atoms with Crippen LogP contribution in [0, 0.1) is 0 Å². The number of carbonyl (C=O) groups is 3. The minimum absolute atomic E-state index is 0.0539. The van der Waals surface area contributed by atoms with Crippen LogP contribution in [0.5, 0.6) is 11.5 Å². The summed E-state index contributed by atoms with van der Waals surface area (Å²) in [6.45, 7) is 2.43. The van der Waals surface area contributed by atoms with Crippen molar-refractivity contribution in [1.82, 2.24) is 15.5 Å². The van der Waals surface area contributed by atoms with Gasteiger partial charge in [-0.3, -0.25) is 10.1 Å². The summed E-state index contributed by atoms with van der Waals surface area (Å²) in [5, 5.41) is 28.7. The van der Waals surface area contributed by atoms with Crippen molar-refractivity contribution >= 4 is 34.2 Å². The SMILES string of the molecule is O=C(Nc1ccc(C(=O)OC2CCCCC2)s1)NC(Cc1ccc(O)cc1)C(=O)NC1CCCN(CCc2cccc(O)c2)C1. The molecule has 240 valence electrons. The van der Waals surface area contributed by atoms with Gasteiger partial charge in [0.15, 0.2) is 0 Å². The number of aromatic hydroxyl groups is 2. The summed E-state index contributed by atoms with van der Waals surface area (Å²) in [5.41, 5.74) is 1.85. The summed E-state index contributed by atoms with van der Waals surface area (Å²) in [4.78, 5) is 42.0. The number of hydrogen-bond acceptors (Lipinski definition) is 8. The monoisotopic (exact) mass is 634 g/mol. The van der Waals surface area contributed by atoms with Crippen LogP contribution in [0.3, 0.4) is 0 Å². The minimum atomic E-state index is -0.868. The van der Waals surface area contributed by atoms with Crippen LogP contribution in [0.1, 0.15) is 65.7 Å². The van der Waals surface area contributed by atoms with Crippen molar-refractivity contribution in [3.63, 3.8) is 0 Å². The second kappa shape index (κ2) is 15.8. The highest BCUT2D eigenvalue weighted by Gasteiger charge is 2.27. The molecule has 2 aliphatic rings. The van der Waals surface area contributed by atoms with Gasteiger partial charge < -0.3 is 30.5 Å². The lowest BCUT2D eigenvalue weighted by atomic mass is 9.98. The molecule has 2 fully saturated rings. The van der Waals surface area contributed by atoms with Gasteiger partial charge >= 0.3 is 12.0 Å². The third kappa shape index (κ3) is 9.95. The van der Waals surface area contributed by atoms with E-state index >= 15 is 0 Å². The van der Waals surface area contributed by atoms with E-state index < -0.39 is 12.1 Å². The van der Waals surface area contributed by atoms with Crippen molar-refractivity contribution < 1.29 is 29.3 Å². The molecule has 0 bridgehead atoms. The lowest BCUT2D eigenvalue weighted by Crippen LogP contribution is -2.55. The number of thiophene rings is 1. The van der Waals surface area contributed by atoms with Gasteiger partial charge in [-0.2, -0.15) is 0 Å². The molecule has 1 aromatic heterocycles. The molecular formula is C34H42N4O6S. The minimum Gasteiger partial charge on any atom is -0.508 e. The molecule has 3 aromatic rings. The van der Waals surface area contributed by atoms with Gasteiger partial charge in [0.05, 0.1) is 5.00 Å². The molecule has 1 saturated carbocycles. The first kappa shape index (κ1) is 32.3. The number of esters is 1. The second-order valence-corrected chi connectivity index (χ2v) is 13.0. The van der Waals surface area contributed by atoms with Crippen molar-refractivity contribution in [1.29, 1.82) is 0 Å². The van der Waals surface area contributed by atoms with Crippen molar-refractivity contribution in [2.75, 3.05) is 25.0 Å². The molecule has 1 aliphatic heterocycles. The number of phenols is 2. The maximum absolute atomic E-state index is 13.6. The summed E-state index contributed by atoms with van der Waals surface area (Å²) in [6, 6.07) is 15.6. The third-order valence-corrected chi connectivity index (χ3v) is 9.33. The van der Waals surface area contributed by atoms with Crippen LogP contribution in [0.15, 0.2) is 60.7 Å². The average Bonchev–Trinajstić information content (AvgIpc) is 3.50. The fourth-order valence-electron chi connectivity index (χ4n) is 5.97. The van der Waals surface area contributed by atoms with Gasteiger partial charge in [0, 0.05) is 25.6 Å². The molecule has 5 rings (SSSR count). The third-order valence-electron chi connectivity index (χ3n) is 8.35. The molecule has 1 saturated heterocycles. The molecule has 2 heterocycles. The lowest BCUT2D eigenvalue weighted by Gasteiger charge is -2.34. The zero-order chi connectivity index (χ0) is 31.6. The molecule has 2 unspecified atom stereocenters. The average molecular weight is 635 g/mol. The van der Waals surface area contributed by atoms with Crippen LogP contribution >= 0.6 is 11.3 Å². The number of hydrogen-bond donors (Lipinski definition) is 5. The molecule has 45 heavy (non-hydrogen) atoms. The van der Waals surface area contributed by atoms with Gasteiger partial charge in [-0.25, -0.2) is 9.59 Å². The van der Waals surface area contributed by atoms with Crippen LogP contribution in [0.4, 0.5) is 9.80 Å². The number of amides is 3. The molecule has 0 radical (unpaired) electrons. The fourth-order valence-corrected chi connectivity index (χ4v) is 6.75. The van der Waals surface area contributed by atoms with Gasteiger partial charge in [-0.1, -0.05) is 30.7 Å². The van der Waals surface area contributed by atoms with Gasteiger partial charge in [0.1, 0.15) is 28.5 Å². The van der Waals surface area contributed by atoms with Crippen LogP contribution in [-0.4, -0.2) is 70.8 Å². The summed E-state index contributed by atoms with van der Waals surface area (Å²) in [5.74, 6) is -0.299. The molecule has 2 aromatic carbocycles. The predicted octanol–water partition coefficient (Wildman–Crippen LogP) is 5.20. The van der Waals surface area contributed by atoms with Crippen LogP contribution in [0.25, 0.3) is 0 Å². The standard InChI is InChI=1S/C34H42N4O6S/c39-26-13-11-24(12-14-26)21-29(32(41)35-25-7-5-18-38(22-25)19-17-23-6-4-8-27(40)20-23)36-34(43)37-31-16-15-30(45-31)33(42)44-28-9-2-1-3-10-28/h4,6,8,11-16,20,25,28-29,39-40H,1-3,5,7,9-10,17-19,21-22H2,(H,35,41)(H2,36,37,43). The van der Waals surface area contributed by atoms with E-state index in [0.29, 0.717) is 16.4 Å². The maximum Gasteiger partial charge on any atom is 0.348 e. The van der Waals surface area contributed by atoms with E-state index in [-0.39, 0.29) is 41.9 Å². The summed E-state index contributed by atoms with van der Waals surface area (Å²) >= 11 is 1.14. The molecule has 3 amide bonds. The zero-order valence-electron chi connectivity index (χ0n) is 25.4. The van der Waals surface area contributed by atoms with Gasteiger partial charge in [0.2, 0.25) is 5.91 Å². The number of anilines is 1. The first-order chi connectivity index (χ1) is 21.8. The number of likely N-dealkylation sites (tertiary alicyclic amines) is 1. The van der Waals surface area contributed by atoms with E-state index in [1.165, 1.54) is 6.42 Å². The highest BCUT2D eigenvalue weighted by molar-refractivity contribution is 7.18. The summed E-state index contributed by atoms with van der Waals surface area (Å²) < 4.78 is 5.65. The molecule has 11 heteroatoms. The lowest BCUT2D eigenvalue weighted by molar-refractivity contribution is -0.124. The number of carbonyl (C=O) groups excluding carboxylic acids is 3. The molecule has 10 nitrogen and oxygen atoms in total. The first-order valence-corrected chi connectivity index (χ1v) is 16.6. The van der Waals surface area contributed by atoms with E-state index in [1.54, 1.807) is 48.5 Å². The van der Waals surface area contributed by atoms with E-state index in [9.17, 15) is 24.6 Å². The number of phenolic OH excluding ortho intramolecular Hbond substituents is 2. The van der Waals surface area contributed by atoms with Crippen molar-refractivity contribution in [2.24, 2.45) is 0 Å². The number of ether oxygens (including phenoxy) is 1. The van der Waals surface area contributed by atoms with E-state index in [4.69, 9.17) is 4.74 Å². The van der Waals surface area contributed by atoms with Gasteiger partial charge in [0.25, 0.3) is 0 Å². The molecule has 5 N–H and O–H groups in total. The van der Waals surface area contributed by atoms with E-state index in [0.717, 1.165) is 80.5 Å². The fraction of sp³-hybridized carbons (Fsp3) is 0.441. The molecule has 1 aliphatic carbocycles. The van der Waals surface area contributed by atoms with Gasteiger partial charge in [-0.05, 0) is 99.0 Å². The summed E-state index contributed by atoms with van der Waals surface area (Å²) in [6.07, 6.45) is 7.80. The van der Waals surface area contributed by atoms with Crippen LogP contribution < -0.4 is 16.0 Å². The number of urea groups is 1. The number of nitrogens with zero attached hydrogens (tertiary/aromatic N) is 1. The zero-order valence-corrected chi connectivity index (χ0v) is 26.2. The normalized spacial score (nSPS) is 18.1. The van der Waals surface area contributed by atoms with Gasteiger partial charge in [-0.15, -0.1) is 11.3 Å². The van der Waals surface area contributed by atoms with Crippen molar-refractivity contribution in [3.8, 4) is 11.5 Å². The Morgan fingerprint density at radius 3 is 2.49 bits per heavy atom. The second-order valence-electron chi connectivity index (χ2n) is 11.9. The molecule has 0 spiro atoms. The highest BCUT2D eigenvalue weighted by Crippen LogP contribution is 2.26. The number of benzene rings is 2. The Bertz CT molecular complexity index is 1440. The quantitative estimate of drug-likeness (QED) is 0.183. The number of rotatable bonds is 11. The van der Waals surface area contributed by atoms with E-state index in [2.05, 4.69) is 20.9 Å². The summed E-state index contributed by atoms with van der Waals surface area (Å²) in [7, 11) is 0. The van der Waals surface area contributed by atoms with Crippen LogP contribution in [-0.2, 0) is 22.4 Å². The molecule has 2 atom stereocenters. The predicted molar refractivity (Wildman–Crippen MR) is 174 cm³/mol. The number of nitrogens with one attached hydrogen (secondary N) is 3.